The molecular weight excluding hydrogens is 296 g/mol. The zero-order valence-electron chi connectivity index (χ0n) is 14.5. The minimum Gasteiger partial charge on any atom is -0.339 e. The van der Waals surface area contributed by atoms with Crippen molar-refractivity contribution in [1.29, 1.82) is 0 Å². The maximum atomic E-state index is 12.9. The number of likely N-dealkylation sites (tertiary alicyclic amines) is 1. The van der Waals surface area contributed by atoms with E-state index < -0.39 is 0 Å². The van der Waals surface area contributed by atoms with E-state index in [1.165, 1.54) is 32.1 Å². The van der Waals surface area contributed by atoms with Gasteiger partial charge in [0.25, 0.3) is 5.91 Å². The summed E-state index contributed by atoms with van der Waals surface area (Å²) in [7, 11) is 0. The summed E-state index contributed by atoms with van der Waals surface area (Å²) in [5, 5.41) is 1.05. The molecule has 1 unspecified atom stereocenters. The van der Waals surface area contributed by atoms with Crippen molar-refractivity contribution in [2.75, 3.05) is 13.1 Å². The predicted octanol–water partition coefficient (Wildman–Crippen LogP) is 4.59. The monoisotopic (exact) mass is 322 g/mol. The summed E-state index contributed by atoms with van der Waals surface area (Å²) < 4.78 is 0. The highest BCUT2D eigenvalue weighted by atomic mass is 16.2. The number of hydrogen-bond donors (Lipinski definition) is 0. The highest BCUT2D eigenvalue weighted by Gasteiger charge is 2.30. The molecule has 126 valence electrons. The van der Waals surface area contributed by atoms with E-state index in [1.807, 2.05) is 31.2 Å². The number of aryl methyl sites for hydroxylation is 1. The number of fused-ring (bicyclic) bond motifs is 1. The van der Waals surface area contributed by atoms with Crippen molar-refractivity contribution in [3.05, 3.63) is 41.6 Å². The summed E-state index contributed by atoms with van der Waals surface area (Å²) in [6.07, 6.45) is 7.88. The molecule has 1 aromatic heterocycles. The number of benzene rings is 1. The highest BCUT2D eigenvalue weighted by molar-refractivity contribution is 5.98. The second kappa shape index (κ2) is 6.54. The summed E-state index contributed by atoms with van der Waals surface area (Å²) in [4.78, 5) is 19.5. The normalized spacial score (nSPS) is 22.2. The first-order valence-corrected chi connectivity index (χ1v) is 9.37. The Morgan fingerprint density at radius 2 is 1.79 bits per heavy atom. The van der Waals surface area contributed by atoms with Gasteiger partial charge in [-0.25, -0.2) is 0 Å². The van der Waals surface area contributed by atoms with Gasteiger partial charge in [0, 0.05) is 29.7 Å². The van der Waals surface area contributed by atoms with Crippen LogP contribution < -0.4 is 0 Å². The molecule has 24 heavy (non-hydrogen) atoms. The van der Waals surface area contributed by atoms with Crippen LogP contribution in [0.1, 0.15) is 54.6 Å². The Morgan fingerprint density at radius 1 is 1.00 bits per heavy atom. The molecule has 2 fully saturated rings. The van der Waals surface area contributed by atoms with Gasteiger partial charge in [0.2, 0.25) is 0 Å². The number of pyridine rings is 1. The molecule has 2 heterocycles. The largest absolute Gasteiger partial charge is 0.339 e. The number of amides is 1. The molecular formula is C21H26N2O. The van der Waals surface area contributed by atoms with Crippen LogP contribution in [0.5, 0.6) is 0 Å². The standard InChI is InChI=1S/C21H26N2O/c1-15-7-8-18-14-19(9-10-20(18)22-15)21(24)23-12-3-6-17(11-13-23)16-4-2-5-16/h7-10,14,16-17H,2-6,11-13H2,1H3. The fourth-order valence-corrected chi connectivity index (χ4v) is 4.25. The number of hydrogen-bond acceptors (Lipinski definition) is 2. The fraction of sp³-hybridized carbons (Fsp3) is 0.524. The molecule has 0 spiro atoms. The molecule has 1 aliphatic carbocycles. The van der Waals surface area contributed by atoms with Crippen LogP contribution in [0.4, 0.5) is 0 Å². The van der Waals surface area contributed by atoms with Gasteiger partial charge in [-0.05, 0) is 62.3 Å². The van der Waals surface area contributed by atoms with Crippen molar-refractivity contribution in [3.63, 3.8) is 0 Å². The van der Waals surface area contributed by atoms with Crippen LogP contribution in [-0.4, -0.2) is 28.9 Å². The van der Waals surface area contributed by atoms with E-state index in [9.17, 15) is 4.79 Å². The van der Waals surface area contributed by atoms with Crippen molar-refractivity contribution >= 4 is 16.8 Å². The summed E-state index contributed by atoms with van der Waals surface area (Å²) in [5.41, 5.74) is 2.78. The van der Waals surface area contributed by atoms with Crippen LogP contribution in [0.15, 0.2) is 30.3 Å². The molecule has 4 rings (SSSR count). The molecule has 1 atom stereocenters. The van der Waals surface area contributed by atoms with Crippen molar-refractivity contribution < 1.29 is 4.79 Å². The number of carbonyl (C=O) groups excluding carboxylic acids is 1. The lowest BCUT2D eigenvalue weighted by Gasteiger charge is -2.33. The van der Waals surface area contributed by atoms with E-state index in [-0.39, 0.29) is 5.91 Å². The topological polar surface area (TPSA) is 33.2 Å². The summed E-state index contributed by atoms with van der Waals surface area (Å²) in [6.45, 7) is 3.82. The SMILES string of the molecule is Cc1ccc2cc(C(=O)N3CCCC(C4CCC4)CC3)ccc2n1. The van der Waals surface area contributed by atoms with Gasteiger partial charge in [-0.1, -0.05) is 25.3 Å². The van der Waals surface area contributed by atoms with Crippen molar-refractivity contribution in [3.8, 4) is 0 Å². The van der Waals surface area contributed by atoms with Gasteiger partial charge in [-0.15, -0.1) is 0 Å². The number of carbonyl (C=O) groups is 1. The van der Waals surface area contributed by atoms with Gasteiger partial charge in [0.1, 0.15) is 0 Å². The minimum absolute atomic E-state index is 0.187. The molecule has 0 bridgehead atoms. The predicted molar refractivity (Wildman–Crippen MR) is 97.1 cm³/mol. The molecule has 1 amide bonds. The average molecular weight is 322 g/mol. The molecule has 2 aliphatic rings. The van der Waals surface area contributed by atoms with Gasteiger partial charge in [0.15, 0.2) is 0 Å². The number of rotatable bonds is 2. The zero-order valence-corrected chi connectivity index (χ0v) is 14.5. The lowest BCUT2D eigenvalue weighted by Crippen LogP contribution is -2.32. The third kappa shape index (κ3) is 3.04. The molecule has 1 saturated carbocycles. The van der Waals surface area contributed by atoms with Gasteiger partial charge in [-0.2, -0.15) is 0 Å². The van der Waals surface area contributed by atoms with Gasteiger partial charge in [0.05, 0.1) is 5.52 Å². The molecule has 1 saturated heterocycles. The van der Waals surface area contributed by atoms with E-state index in [4.69, 9.17) is 0 Å². The summed E-state index contributed by atoms with van der Waals surface area (Å²) in [5.74, 6) is 1.97. The van der Waals surface area contributed by atoms with E-state index >= 15 is 0 Å². The average Bonchev–Trinajstić information content (AvgIpc) is 2.78. The maximum Gasteiger partial charge on any atom is 0.253 e. The lowest BCUT2D eigenvalue weighted by atomic mass is 9.73. The Balaban J connectivity index is 1.49. The summed E-state index contributed by atoms with van der Waals surface area (Å²) >= 11 is 0. The summed E-state index contributed by atoms with van der Waals surface area (Å²) in [6, 6.07) is 9.98. The zero-order chi connectivity index (χ0) is 16.5. The molecule has 1 aromatic carbocycles. The first-order valence-electron chi connectivity index (χ1n) is 9.37. The Labute approximate surface area is 144 Å². The maximum absolute atomic E-state index is 12.9. The van der Waals surface area contributed by atoms with E-state index in [2.05, 4.69) is 16.0 Å². The van der Waals surface area contributed by atoms with Gasteiger partial charge < -0.3 is 4.90 Å². The molecule has 2 aromatic rings. The van der Waals surface area contributed by atoms with Crippen LogP contribution >= 0.6 is 0 Å². The molecule has 3 heteroatoms. The van der Waals surface area contributed by atoms with Gasteiger partial charge >= 0.3 is 0 Å². The van der Waals surface area contributed by atoms with Crippen LogP contribution in [0.25, 0.3) is 10.9 Å². The third-order valence-corrected chi connectivity index (χ3v) is 5.95. The Hall–Kier alpha value is -1.90. The van der Waals surface area contributed by atoms with Crippen LogP contribution in [0.2, 0.25) is 0 Å². The minimum atomic E-state index is 0.187. The van der Waals surface area contributed by atoms with Crippen LogP contribution in [-0.2, 0) is 0 Å². The van der Waals surface area contributed by atoms with E-state index in [0.717, 1.165) is 53.5 Å². The molecule has 0 radical (unpaired) electrons. The first-order chi connectivity index (χ1) is 11.7. The smallest absolute Gasteiger partial charge is 0.253 e. The molecule has 1 aliphatic heterocycles. The second-order valence-corrected chi connectivity index (χ2v) is 7.53. The number of aromatic nitrogens is 1. The molecule has 0 N–H and O–H groups in total. The fourth-order valence-electron chi connectivity index (χ4n) is 4.25. The van der Waals surface area contributed by atoms with Gasteiger partial charge in [-0.3, -0.25) is 9.78 Å². The Morgan fingerprint density at radius 3 is 2.58 bits per heavy atom. The van der Waals surface area contributed by atoms with E-state index in [1.54, 1.807) is 0 Å². The van der Waals surface area contributed by atoms with Crippen LogP contribution in [0.3, 0.4) is 0 Å². The third-order valence-electron chi connectivity index (χ3n) is 5.95. The molecule has 3 nitrogen and oxygen atoms in total. The van der Waals surface area contributed by atoms with Crippen molar-refractivity contribution in [1.82, 2.24) is 9.88 Å². The first kappa shape index (κ1) is 15.6. The highest BCUT2D eigenvalue weighted by Crippen LogP contribution is 2.38. The van der Waals surface area contributed by atoms with Crippen molar-refractivity contribution in [2.45, 2.75) is 45.4 Å². The lowest BCUT2D eigenvalue weighted by molar-refractivity contribution is 0.0756. The number of nitrogens with zero attached hydrogens (tertiary/aromatic N) is 2. The second-order valence-electron chi connectivity index (χ2n) is 7.53. The Bertz CT molecular complexity index is 751. The Kier molecular flexibility index (Phi) is 4.26. The quantitative estimate of drug-likeness (QED) is 0.810. The van der Waals surface area contributed by atoms with Crippen molar-refractivity contribution in [2.24, 2.45) is 11.8 Å². The van der Waals surface area contributed by atoms with Crippen LogP contribution in [0, 0.1) is 18.8 Å². The van der Waals surface area contributed by atoms with E-state index in [0.29, 0.717) is 0 Å².